The number of esters is 1. The average molecular weight is 392 g/mol. The molecule has 1 aromatic rings. The van der Waals surface area contributed by atoms with E-state index in [2.05, 4.69) is 22.2 Å². The van der Waals surface area contributed by atoms with Crippen LogP contribution in [0.4, 0.5) is 5.82 Å². The maximum atomic E-state index is 11.2. The number of methoxy groups -OCH3 is 1. The van der Waals surface area contributed by atoms with Crippen LogP contribution in [0.15, 0.2) is 12.1 Å². The zero-order valence-corrected chi connectivity index (χ0v) is 16.6. The summed E-state index contributed by atoms with van der Waals surface area (Å²) in [6.07, 6.45) is 9.73. The third-order valence-electron chi connectivity index (χ3n) is 4.40. The number of hydrogen-bond acceptors (Lipinski definition) is 5. The number of carbonyl (C=O) groups excluding carboxylic acids is 1. The second-order valence-electron chi connectivity index (χ2n) is 6.28. The highest BCUT2D eigenvalue weighted by atomic mass is 35.5. The van der Waals surface area contributed by atoms with Crippen molar-refractivity contribution in [1.29, 1.82) is 0 Å². The molecule has 7 heteroatoms. The fourth-order valence-corrected chi connectivity index (χ4v) is 2.98. The molecule has 25 heavy (non-hydrogen) atoms. The van der Waals surface area contributed by atoms with Gasteiger partial charge in [-0.3, -0.25) is 4.79 Å². The van der Waals surface area contributed by atoms with E-state index in [-0.39, 0.29) is 30.8 Å². The maximum absolute atomic E-state index is 11.2. The molecule has 0 aromatic carbocycles. The summed E-state index contributed by atoms with van der Waals surface area (Å²) in [6.45, 7) is 1.04. The van der Waals surface area contributed by atoms with Gasteiger partial charge < -0.3 is 15.8 Å². The minimum absolute atomic E-state index is 0. The largest absolute Gasteiger partial charge is 0.468 e. The number of aromatic nitrogens is 1. The highest BCUT2D eigenvalue weighted by Gasteiger charge is 2.12. The van der Waals surface area contributed by atoms with Gasteiger partial charge in [-0.05, 0) is 43.7 Å². The van der Waals surface area contributed by atoms with Crippen molar-refractivity contribution in [3.8, 4) is 0 Å². The summed E-state index contributed by atoms with van der Waals surface area (Å²) in [5.74, 6) is 0.780. The fourth-order valence-electron chi connectivity index (χ4n) is 2.98. The summed E-state index contributed by atoms with van der Waals surface area (Å²) in [5.41, 5.74) is 8.25. The minimum Gasteiger partial charge on any atom is -0.468 e. The van der Waals surface area contributed by atoms with Crippen LogP contribution in [0.25, 0.3) is 0 Å². The zero-order chi connectivity index (χ0) is 16.5. The van der Waals surface area contributed by atoms with Crippen LogP contribution in [0.3, 0.4) is 0 Å². The molecule has 0 aliphatic carbocycles. The third-order valence-corrected chi connectivity index (χ3v) is 4.40. The topological polar surface area (TPSA) is 77.2 Å². The van der Waals surface area contributed by atoms with E-state index in [1.54, 1.807) is 0 Å². The summed E-state index contributed by atoms with van der Waals surface area (Å²) in [7, 11) is 1.38. The molecular formula is C18H31Cl2N3O2. The number of nitrogens with one attached hydrogen (secondary N) is 1. The van der Waals surface area contributed by atoms with Gasteiger partial charge in [-0.25, -0.2) is 4.98 Å². The first-order valence-corrected chi connectivity index (χ1v) is 8.77. The Kier molecular flexibility index (Phi) is 12.7. The molecule has 144 valence electrons. The number of ether oxygens (including phenoxy) is 1. The smallest absolute Gasteiger partial charge is 0.322 e. The number of fused-ring (bicyclic) bond motifs is 1. The first-order valence-electron chi connectivity index (χ1n) is 8.77. The van der Waals surface area contributed by atoms with Crippen molar-refractivity contribution in [2.75, 3.05) is 19.0 Å². The normalized spacial score (nSPS) is 13.5. The van der Waals surface area contributed by atoms with Crippen LogP contribution in [-0.4, -0.2) is 30.6 Å². The molecule has 0 saturated heterocycles. The van der Waals surface area contributed by atoms with Gasteiger partial charge in [0, 0.05) is 12.2 Å². The number of pyridine rings is 1. The molecule has 0 spiro atoms. The highest BCUT2D eigenvalue weighted by Crippen LogP contribution is 2.20. The van der Waals surface area contributed by atoms with Crippen molar-refractivity contribution in [3.05, 3.63) is 23.4 Å². The Morgan fingerprint density at radius 3 is 2.72 bits per heavy atom. The predicted molar refractivity (Wildman–Crippen MR) is 107 cm³/mol. The van der Waals surface area contributed by atoms with Gasteiger partial charge in [0.2, 0.25) is 0 Å². The Labute approximate surface area is 163 Å². The van der Waals surface area contributed by atoms with Gasteiger partial charge in [0.1, 0.15) is 11.9 Å². The molecule has 1 atom stereocenters. The summed E-state index contributed by atoms with van der Waals surface area (Å²) >= 11 is 0. The van der Waals surface area contributed by atoms with Crippen molar-refractivity contribution in [2.24, 2.45) is 5.73 Å². The van der Waals surface area contributed by atoms with Crippen molar-refractivity contribution in [2.45, 2.75) is 63.8 Å². The molecule has 1 aliphatic heterocycles. The van der Waals surface area contributed by atoms with Crippen LogP contribution < -0.4 is 11.1 Å². The Morgan fingerprint density at radius 2 is 1.96 bits per heavy atom. The van der Waals surface area contributed by atoms with Crippen molar-refractivity contribution < 1.29 is 9.53 Å². The first kappa shape index (κ1) is 24.0. The average Bonchev–Trinajstić information content (AvgIpc) is 2.59. The van der Waals surface area contributed by atoms with Gasteiger partial charge in [0.25, 0.3) is 0 Å². The van der Waals surface area contributed by atoms with E-state index in [4.69, 9.17) is 10.7 Å². The predicted octanol–water partition coefficient (Wildman–Crippen LogP) is 3.67. The molecule has 0 bridgehead atoms. The van der Waals surface area contributed by atoms with Gasteiger partial charge in [-0.2, -0.15) is 0 Å². The summed E-state index contributed by atoms with van der Waals surface area (Å²) in [4.78, 5) is 15.9. The number of nitrogens with two attached hydrogens (primary N) is 1. The number of aryl methyl sites for hydroxylation is 2. The van der Waals surface area contributed by atoms with Crippen molar-refractivity contribution in [3.63, 3.8) is 0 Å². The van der Waals surface area contributed by atoms with Crippen LogP contribution in [0, 0.1) is 0 Å². The molecule has 0 amide bonds. The van der Waals surface area contributed by atoms with E-state index < -0.39 is 6.04 Å². The Hall–Kier alpha value is -1.04. The number of anilines is 1. The van der Waals surface area contributed by atoms with E-state index in [1.165, 1.54) is 37.6 Å². The van der Waals surface area contributed by atoms with Crippen molar-refractivity contribution in [1.82, 2.24) is 4.98 Å². The summed E-state index contributed by atoms with van der Waals surface area (Å²) in [6, 6.07) is 3.92. The standard InChI is InChI=1S/C18H29N3O2.2ClH/c1-23-18(22)16(19)10-6-4-2-3-5-9-15-12-11-14-8-7-13-20-17(14)21-15;;/h11-12,16H,2-10,13,19H2,1H3,(H,20,21);2*1H/t16-;;/m1../s1. The van der Waals surface area contributed by atoms with E-state index in [1.807, 2.05) is 0 Å². The Bertz CT molecular complexity index is 515. The third kappa shape index (κ3) is 8.25. The molecule has 1 aliphatic rings. The number of nitrogens with zero attached hydrogens (tertiary/aromatic N) is 1. The molecule has 0 fully saturated rings. The number of halogens is 2. The zero-order valence-electron chi connectivity index (χ0n) is 15.0. The van der Waals surface area contributed by atoms with E-state index in [9.17, 15) is 4.79 Å². The SMILES string of the molecule is COC(=O)[C@H](N)CCCCCCCc1ccc2c(n1)NCCC2.Cl.Cl. The molecule has 1 aromatic heterocycles. The van der Waals surface area contributed by atoms with Gasteiger partial charge in [-0.1, -0.05) is 31.7 Å². The van der Waals surface area contributed by atoms with Gasteiger partial charge in [0.15, 0.2) is 0 Å². The number of hydrogen-bond donors (Lipinski definition) is 2. The van der Waals surface area contributed by atoms with Crippen LogP contribution >= 0.6 is 24.8 Å². The molecule has 0 saturated carbocycles. The Balaban J connectivity index is 0.00000288. The van der Waals surface area contributed by atoms with Crippen LogP contribution in [0.5, 0.6) is 0 Å². The number of rotatable bonds is 9. The molecular weight excluding hydrogens is 361 g/mol. The molecule has 2 rings (SSSR count). The molecule has 5 nitrogen and oxygen atoms in total. The molecule has 3 N–H and O–H groups in total. The fraction of sp³-hybridized carbons (Fsp3) is 0.667. The number of carbonyl (C=O) groups is 1. The van der Waals surface area contributed by atoms with Gasteiger partial charge in [-0.15, -0.1) is 24.8 Å². The lowest BCUT2D eigenvalue weighted by Gasteiger charge is -2.17. The lowest BCUT2D eigenvalue weighted by atomic mass is 10.0. The van der Waals surface area contributed by atoms with Crippen molar-refractivity contribution >= 4 is 36.6 Å². The van der Waals surface area contributed by atoms with E-state index >= 15 is 0 Å². The summed E-state index contributed by atoms with van der Waals surface area (Å²) < 4.78 is 4.62. The van der Waals surface area contributed by atoms with Crippen LogP contribution in [0.1, 0.15) is 56.2 Å². The van der Waals surface area contributed by atoms with Crippen LogP contribution in [-0.2, 0) is 22.4 Å². The Morgan fingerprint density at radius 1 is 1.24 bits per heavy atom. The van der Waals surface area contributed by atoms with Crippen LogP contribution in [0.2, 0.25) is 0 Å². The maximum Gasteiger partial charge on any atom is 0.322 e. The lowest BCUT2D eigenvalue weighted by Crippen LogP contribution is -2.31. The highest BCUT2D eigenvalue weighted by molar-refractivity contribution is 5.85. The second-order valence-corrected chi connectivity index (χ2v) is 6.28. The molecule has 0 unspecified atom stereocenters. The second kappa shape index (κ2) is 13.2. The number of unbranched alkanes of at least 4 members (excludes halogenated alkanes) is 4. The molecule has 0 radical (unpaired) electrons. The quantitative estimate of drug-likeness (QED) is 0.495. The summed E-state index contributed by atoms with van der Waals surface area (Å²) in [5, 5.41) is 3.39. The monoisotopic (exact) mass is 391 g/mol. The minimum atomic E-state index is -0.466. The van der Waals surface area contributed by atoms with E-state index in [0.717, 1.165) is 44.5 Å². The van der Waals surface area contributed by atoms with E-state index in [0.29, 0.717) is 6.42 Å². The lowest BCUT2D eigenvalue weighted by molar-refractivity contribution is -0.142. The molecule has 2 heterocycles. The first-order chi connectivity index (χ1) is 11.2. The van der Waals surface area contributed by atoms with Gasteiger partial charge in [0.05, 0.1) is 7.11 Å². The van der Waals surface area contributed by atoms with Gasteiger partial charge >= 0.3 is 5.97 Å².